The molecule has 86 valence electrons. The Hall–Kier alpha value is -1.10. The number of carbonyl (C=O) groups excluding carboxylic acids is 2. The first-order chi connectivity index (χ1) is 7.19. The van der Waals surface area contributed by atoms with Crippen LogP contribution in [0.4, 0.5) is 0 Å². The van der Waals surface area contributed by atoms with Gasteiger partial charge in [0.15, 0.2) is 0 Å². The second kappa shape index (κ2) is 5.70. The zero-order chi connectivity index (χ0) is 11.3. The van der Waals surface area contributed by atoms with Crippen LogP contribution in [-0.4, -0.2) is 31.2 Å². The van der Waals surface area contributed by atoms with Gasteiger partial charge < -0.3 is 15.4 Å². The number of ether oxygens (including phenoxy) is 1. The second-order valence-corrected chi connectivity index (χ2v) is 3.73. The van der Waals surface area contributed by atoms with Crippen molar-refractivity contribution in [1.82, 2.24) is 10.6 Å². The van der Waals surface area contributed by atoms with E-state index in [0.717, 1.165) is 12.8 Å². The molecule has 0 bridgehead atoms. The van der Waals surface area contributed by atoms with E-state index < -0.39 is 6.23 Å². The summed E-state index contributed by atoms with van der Waals surface area (Å²) in [6, 6.07) is 0.332. The Kier molecular flexibility index (Phi) is 4.55. The lowest BCUT2D eigenvalue weighted by molar-refractivity contribution is -0.132. The van der Waals surface area contributed by atoms with Gasteiger partial charge in [-0.15, -0.1) is 0 Å². The molecule has 2 atom stereocenters. The Labute approximate surface area is 89.6 Å². The summed E-state index contributed by atoms with van der Waals surface area (Å²) in [7, 11) is 0. The molecule has 0 aromatic carbocycles. The van der Waals surface area contributed by atoms with E-state index in [1.807, 2.05) is 6.92 Å². The van der Waals surface area contributed by atoms with Gasteiger partial charge in [0.2, 0.25) is 12.3 Å². The molecule has 1 saturated carbocycles. The van der Waals surface area contributed by atoms with Crippen molar-refractivity contribution in [2.45, 2.75) is 39.0 Å². The first-order valence-electron chi connectivity index (χ1n) is 5.30. The summed E-state index contributed by atoms with van der Waals surface area (Å²) in [6.45, 7) is 4.03. The van der Waals surface area contributed by atoms with Crippen molar-refractivity contribution in [3.05, 3.63) is 0 Å². The molecule has 2 amide bonds. The Balaban J connectivity index is 2.40. The van der Waals surface area contributed by atoms with Gasteiger partial charge in [0.1, 0.15) is 6.23 Å². The van der Waals surface area contributed by atoms with Gasteiger partial charge in [0, 0.05) is 12.6 Å². The number of nitrogens with one attached hydrogen (secondary N) is 2. The maximum atomic E-state index is 11.6. The van der Waals surface area contributed by atoms with Crippen LogP contribution in [0.25, 0.3) is 0 Å². The highest BCUT2D eigenvalue weighted by molar-refractivity contribution is 5.79. The third-order valence-electron chi connectivity index (χ3n) is 2.37. The van der Waals surface area contributed by atoms with Crippen LogP contribution >= 0.6 is 0 Å². The zero-order valence-corrected chi connectivity index (χ0v) is 9.16. The smallest absolute Gasteiger partial charge is 0.227 e. The fourth-order valence-electron chi connectivity index (χ4n) is 1.28. The highest BCUT2D eigenvalue weighted by atomic mass is 16.5. The Bertz CT molecular complexity index is 229. The van der Waals surface area contributed by atoms with Gasteiger partial charge in [0.05, 0.1) is 5.92 Å². The maximum absolute atomic E-state index is 11.6. The average Bonchev–Trinajstić information content (AvgIpc) is 3.00. The molecule has 0 heterocycles. The topological polar surface area (TPSA) is 67.4 Å². The van der Waals surface area contributed by atoms with E-state index in [9.17, 15) is 9.59 Å². The molecule has 1 aliphatic rings. The molecule has 5 nitrogen and oxygen atoms in total. The Morgan fingerprint density at radius 3 is 2.73 bits per heavy atom. The molecule has 2 unspecified atom stereocenters. The summed E-state index contributed by atoms with van der Waals surface area (Å²) in [5.74, 6) is -0.430. The van der Waals surface area contributed by atoms with Gasteiger partial charge in [-0.1, -0.05) is 0 Å². The van der Waals surface area contributed by atoms with Crippen molar-refractivity contribution in [2.24, 2.45) is 5.92 Å². The van der Waals surface area contributed by atoms with Crippen LogP contribution < -0.4 is 10.6 Å². The number of hydrogen-bond acceptors (Lipinski definition) is 3. The first kappa shape index (κ1) is 12.0. The van der Waals surface area contributed by atoms with Gasteiger partial charge in [0.25, 0.3) is 0 Å². The van der Waals surface area contributed by atoms with Crippen LogP contribution in [-0.2, 0) is 14.3 Å². The predicted octanol–water partition coefficient (Wildman–Crippen LogP) is 0.00970. The molecule has 0 spiro atoms. The van der Waals surface area contributed by atoms with Crippen molar-refractivity contribution in [1.29, 1.82) is 0 Å². The fraction of sp³-hybridized carbons (Fsp3) is 0.800. The third kappa shape index (κ3) is 3.87. The zero-order valence-electron chi connectivity index (χ0n) is 9.16. The highest BCUT2D eigenvalue weighted by Gasteiger charge is 2.29. The van der Waals surface area contributed by atoms with Crippen LogP contribution in [0.1, 0.15) is 26.7 Å². The van der Waals surface area contributed by atoms with Crippen LogP contribution in [0.15, 0.2) is 0 Å². The largest absolute Gasteiger partial charge is 0.358 e. The maximum Gasteiger partial charge on any atom is 0.227 e. The molecule has 0 aromatic heterocycles. The SMILES string of the molecule is CCOC(NC=O)C(C)C(=O)NC1CC1. The molecule has 1 fully saturated rings. The molecule has 15 heavy (non-hydrogen) atoms. The standard InChI is InChI=1S/C10H18N2O3/c1-3-15-10(11-6-13)7(2)9(14)12-8-4-5-8/h6-8,10H,3-5H2,1-2H3,(H,11,13)(H,12,14). The van der Waals surface area contributed by atoms with E-state index in [4.69, 9.17) is 4.74 Å². The first-order valence-corrected chi connectivity index (χ1v) is 5.30. The quantitative estimate of drug-likeness (QED) is 0.463. The summed E-state index contributed by atoms with van der Waals surface area (Å²) in [5, 5.41) is 5.37. The molecule has 0 saturated heterocycles. The Morgan fingerprint density at radius 1 is 1.60 bits per heavy atom. The summed E-state index contributed by atoms with van der Waals surface area (Å²) in [4.78, 5) is 22.0. The van der Waals surface area contributed by atoms with E-state index in [-0.39, 0.29) is 11.8 Å². The van der Waals surface area contributed by atoms with Crippen molar-refractivity contribution in [3.8, 4) is 0 Å². The second-order valence-electron chi connectivity index (χ2n) is 3.73. The van der Waals surface area contributed by atoms with E-state index in [1.54, 1.807) is 6.92 Å². The molecule has 0 radical (unpaired) electrons. The third-order valence-corrected chi connectivity index (χ3v) is 2.37. The van der Waals surface area contributed by atoms with Crippen molar-refractivity contribution in [2.75, 3.05) is 6.61 Å². The molecular weight excluding hydrogens is 196 g/mol. The average molecular weight is 214 g/mol. The lowest BCUT2D eigenvalue weighted by Gasteiger charge is -2.22. The van der Waals surface area contributed by atoms with E-state index >= 15 is 0 Å². The minimum absolute atomic E-state index is 0.0645. The van der Waals surface area contributed by atoms with Crippen molar-refractivity contribution in [3.63, 3.8) is 0 Å². The predicted molar refractivity (Wildman–Crippen MR) is 54.9 cm³/mol. The summed E-state index contributed by atoms with van der Waals surface area (Å²) in [5.41, 5.74) is 0. The van der Waals surface area contributed by atoms with Crippen LogP contribution in [0, 0.1) is 5.92 Å². The van der Waals surface area contributed by atoms with Gasteiger partial charge >= 0.3 is 0 Å². The van der Waals surface area contributed by atoms with Gasteiger partial charge in [-0.3, -0.25) is 9.59 Å². The van der Waals surface area contributed by atoms with Gasteiger partial charge in [-0.25, -0.2) is 0 Å². The number of rotatable bonds is 7. The molecular formula is C10H18N2O3. The van der Waals surface area contributed by atoms with E-state index in [1.165, 1.54) is 0 Å². The molecule has 1 rings (SSSR count). The molecule has 2 N–H and O–H groups in total. The van der Waals surface area contributed by atoms with Crippen molar-refractivity contribution >= 4 is 12.3 Å². The molecule has 0 aliphatic heterocycles. The van der Waals surface area contributed by atoms with Crippen LogP contribution in [0.3, 0.4) is 0 Å². The van der Waals surface area contributed by atoms with Gasteiger partial charge in [-0.05, 0) is 26.7 Å². The molecule has 5 heteroatoms. The van der Waals surface area contributed by atoms with E-state index in [0.29, 0.717) is 19.1 Å². The summed E-state index contributed by atoms with van der Waals surface area (Å²) < 4.78 is 5.26. The van der Waals surface area contributed by atoms with E-state index in [2.05, 4.69) is 10.6 Å². The van der Waals surface area contributed by atoms with Gasteiger partial charge in [-0.2, -0.15) is 0 Å². The lowest BCUT2D eigenvalue weighted by atomic mass is 10.1. The molecule has 1 aliphatic carbocycles. The monoisotopic (exact) mass is 214 g/mol. The Morgan fingerprint density at radius 2 is 2.27 bits per heavy atom. The van der Waals surface area contributed by atoms with Crippen LogP contribution in [0.5, 0.6) is 0 Å². The minimum atomic E-state index is -0.536. The number of carbonyl (C=O) groups is 2. The normalized spacial score (nSPS) is 19.1. The summed E-state index contributed by atoms with van der Waals surface area (Å²) in [6.07, 6.45) is 2.13. The lowest BCUT2D eigenvalue weighted by Crippen LogP contribution is -2.45. The minimum Gasteiger partial charge on any atom is -0.358 e. The number of amides is 2. The molecule has 0 aromatic rings. The van der Waals surface area contributed by atoms with Crippen molar-refractivity contribution < 1.29 is 14.3 Å². The highest BCUT2D eigenvalue weighted by Crippen LogP contribution is 2.19. The summed E-state index contributed by atoms with van der Waals surface area (Å²) >= 11 is 0. The number of hydrogen-bond donors (Lipinski definition) is 2. The fourth-order valence-corrected chi connectivity index (χ4v) is 1.28. The van der Waals surface area contributed by atoms with Crippen LogP contribution in [0.2, 0.25) is 0 Å².